The van der Waals surface area contributed by atoms with Crippen LogP contribution in [0.25, 0.3) is 0 Å². The predicted molar refractivity (Wildman–Crippen MR) is 87.0 cm³/mol. The number of furan rings is 1. The molecule has 0 saturated carbocycles. The smallest absolute Gasteiger partial charge is 0.170 e. The number of rotatable bonds is 5. The van der Waals surface area contributed by atoms with Gasteiger partial charge in [0.25, 0.3) is 0 Å². The van der Waals surface area contributed by atoms with E-state index in [0.717, 1.165) is 24.3 Å². The number of benzene rings is 1. The van der Waals surface area contributed by atoms with Gasteiger partial charge in [0, 0.05) is 18.2 Å². The van der Waals surface area contributed by atoms with Crippen molar-refractivity contribution in [3.05, 3.63) is 54.0 Å². The Balaban J connectivity index is 1.74. The number of hydrogen-bond donors (Lipinski definition) is 2. The first-order valence-electron chi connectivity index (χ1n) is 6.80. The normalized spacial score (nSPS) is 11.9. The zero-order valence-corrected chi connectivity index (χ0v) is 12.7. The van der Waals surface area contributed by atoms with Crippen LogP contribution in [0.1, 0.15) is 24.7 Å². The third kappa shape index (κ3) is 4.70. The summed E-state index contributed by atoms with van der Waals surface area (Å²) in [5, 5.41) is 7.13. The van der Waals surface area contributed by atoms with Gasteiger partial charge >= 0.3 is 0 Å². The average Bonchev–Trinajstić information content (AvgIpc) is 2.92. The van der Waals surface area contributed by atoms with Gasteiger partial charge in [0.05, 0.1) is 6.26 Å². The van der Waals surface area contributed by atoms with E-state index in [1.165, 1.54) is 5.56 Å². The highest BCUT2D eigenvalue weighted by Gasteiger charge is 2.06. The van der Waals surface area contributed by atoms with Gasteiger partial charge in [-0.05, 0) is 56.8 Å². The van der Waals surface area contributed by atoms with Gasteiger partial charge in [-0.3, -0.25) is 0 Å². The minimum atomic E-state index is 0.297. The zero-order valence-electron chi connectivity index (χ0n) is 11.8. The van der Waals surface area contributed by atoms with Gasteiger partial charge in [0.1, 0.15) is 5.76 Å². The van der Waals surface area contributed by atoms with Crippen molar-refractivity contribution in [1.29, 1.82) is 0 Å². The molecule has 1 aromatic heterocycles. The van der Waals surface area contributed by atoms with Crippen molar-refractivity contribution in [2.75, 3.05) is 5.32 Å². The molecular weight excluding hydrogens is 268 g/mol. The molecule has 4 heteroatoms. The lowest BCUT2D eigenvalue weighted by Crippen LogP contribution is -2.36. The Hall–Kier alpha value is -1.81. The number of hydrogen-bond acceptors (Lipinski definition) is 2. The summed E-state index contributed by atoms with van der Waals surface area (Å²) in [4.78, 5) is 0. The fraction of sp³-hybridized carbons (Fsp3) is 0.312. The fourth-order valence-electron chi connectivity index (χ4n) is 1.91. The minimum Gasteiger partial charge on any atom is -0.469 e. The first-order valence-corrected chi connectivity index (χ1v) is 7.21. The van der Waals surface area contributed by atoms with E-state index < -0.39 is 0 Å². The molecule has 0 unspecified atom stereocenters. The van der Waals surface area contributed by atoms with Crippen molar-refractivity contribution in [2.45, 2.75) is 32.7 Å². The molecule has 0 fully saturated rings. The first-order chi connectivity index (χ1) is 9.63. The Morgan fingerprint density at radius 3 is 2.65 bits per heavy atom. The number of anilines is 1. The quantitative estimate of drug-likeness (QED) is 0.818. The molecular formula is C16H20N2OS. The molecule has 1 heterocycles. The lowest BCUT2D eigenvalue weighted by atomic mass is 10.1. The number of thiocarbonyl (C=S) groups is 1. The molecule has 0 spiro atoms. The number of nitrogens with one attached hydrogen (secondary N) is 2. The van der Waals surface area contributed by atoms with Crippen LogP contribution in [0.3, 0.4) is 0 Å². The molecule has 2 rings (SSSR count). The Morgan fingerprint density at radius 2 is 2.00 bits per heavy atom. The van der Waals surface area contributed by atoms with Crippen LogP contribution in [0, 0.1) is 6.92 Å². The van der Waals surface area contributed by atoms with E-state index in [1.54, 1.807) is 6.26 Å². The van der Waals surface area contributed by atoms with E-state index in [4.69, 9.17) is 16.6 Å². The van der Waals surface area contributed by atoms with Crippen LogP contribution in [0.4, 0.5) is 5.69 Å². The molecule has 106 valence electrons. The third-order valence-corrected chi connectivity index (χ3v) is 3.31. The lowest BCUT2D eigenvalue weighted by molar-refractivity contribution is 0.483. The van der Waals surface area contributed by atoms with E-state index in [9.17, 15) is 0 Å². The Bertz CT molecular complexity index is 534. The Kier molecular flexibility index (Phi) is 5.18. The van der Waals surface area contributed by atoms with Crippen molar-refractivity contribution < 1.29 is 4.42 Å². The van der Waals surface area contributed by atoms with Crippen molar-refractivity contribution in [2.24, 2.45) is 0 Å². The van der Waals surface area contributed by atoms with Crippen LogP contribution in [-0.4, -0.2) is 11.2 Å². The van der Waals surface area contributed by atoms with Crippen LogP contribution in [0.15, 0.2) is 47.1 Å². The largest absolute Gasteiger partial charge is 0.469 e. The molecule has 2 N–H and O–H groups in total. The molecule has 0 aliphatic carbocycles. The molecule has 0 aliphatic rings. The maximum absolute atomic E-state index is 5.32. The van der Waals surface area contributed by atoms with Crippen LogP contribution >= 0.6 is 12.2 Å². The van der Waals surface area contributed by atoms with Crippen LogP contribution < -0.4 is 10.6 Å². The van der Waals surface area contributed by atoms with Gasteiger partial charge < -0.3 is 15.1 Å². The van der Waals surface area contributed by atoms with Gasteiger partial charge in [0.15, 0.2) is 5.11 Å². The molecule has 0 bridgehead atoms. The zero-order chi connectivity index (χ0) is 14.4. The van der Waals surface area contributed by atoms with E-state index in [-0.39, 0.29) is 0 Å². The maximum Gasteiger partial charge on any atom is 0.170 e. The Morgan fingerprint density at radius 1 is 1.25 bits per heavy atom. The van der Waals surface area contributed by atoms with E-state index >= 15 is 0 Å². The monoisotopic (exact) mass is 288 g/mol. The fourth-order valence-corrected chi connectivity index (χ4v) is 2.23. The molecule has 3 nitrogen and oxygen atoms in total. The van der Waals surface area contributed by atoms with Crippen molar-refractivity contribution >= 4 is 23.0 Å². The molecule has 0 amide bonds. The van der Waals surface area contributed by atoms with Crippen molar-refractivity contribution in [3.63, 3.8) is 0 Å². The Labute approximate surface area is 125 Å². The number of aryl methyl sites for hydroxylation is 2. The second-order valence-electron chi connectivity index (χ2n) is 4.98. The molecule has 0 saturated heterocycles. The standard InChI is InChI=1S/C16H20N2OS/c1-12-5-8-14(9-6-12)18-16(20)17-13(2)7-10-15-4-3-11-19-15/h3-6,8-9,11,13H,7,10H2,1-2H3,(H2,17,18,20)/t13-/m1/s1. The van der Waals surface area contributed by atoms with Crippen LogP contribution in [0.2, 0.25) is 0 Å². The summed E-state index contributed by atoms with van der Waals surface area (Å²) >= 11 is 5.31. The van der Waals surface area contributed by atoms with E-state index in [2.05, 4.69) is 36.6 Å². The van der Waals surface area contributed by atoms with Gasteiger partial charge in [-0.2, -0.15) is 0 Å². The van der Waals surface area contributed by atoms with E-state index in [1.807, 2.05) is 24.3 Å². The van der Waals surface area contributed by atoms with Gasteiger partial charge in [-0.15, -0.1) is 0 Å². The summed E-state index contributed by atoms with van der Waals surface area (Å²) in [6.45, 7) is 4.18. The minimum absolute atomic E-state index is 0.297. The highest BCUT2D eigenvalue weighted by molar-refractivity contribution is 7.80. The summed E-state index contributed by atoms with van der Waals surface area (Å²) < 4.78 is 5.32. The second-order valence-corrected chi connectivity index (χ2v) is 5.39. The molecule has 0 aliphatic heterocycles. The molecule has 20 heavy (non-hydrogen) atoms. The third-order valence-electron chi connectivity index (χ3n) is 3.09. The summed E-state index contributed by atoms with van der Waals surface area (Å²) in [5.41, 5.74) is 2.24. The molecule has 1 atom stereocenters. The van der Waals surface area contributed by atoms with E-state index in [0.29, 0.717) is 11.2 Å². The van der Waals surface area contributed by atoms with Gasteiger partial charge in [-0.25, -0.2) is 0 Å². The summed E-state index contributed by atoms with van der Waals surface area (Å²) in [7, 11) is 0. The summed E-state index contributed by atoms with van der Waals surface area (Å²) in [6, 6.07) is 12.4. The average molecular weight is 288 g/mol. The highest BCUT2D eigenvalue weighted by Crippen LogP contribution is 2.09. The SMILES string of the molecule is Cc1ccc(NC(=S)N[C@H](C)CCc2ccco2)cc1. The highest BCUT2D eigenvalue weighted by atomic mass is 32.1. The summed E-state index contributed by atoms with van der Waals surface area (Å²) in [6.07, 6.45) is 3.59. The van der Waals surface area contributed by atoms with Gasteiger partial charge in [-0.1, -0.05) is 17.7 Å². The lowest BCUT2D eigenvalue weighted by Gasteiger charge is -2.16. The van der Waals surface area contributed by atoms with Crippen LogP contribution in [0.5, 0.6) is 0 Å². The molecule has 2 aromatic rings. The molecule has 1 aromatic carbocycles. The second kappa shape index (κ2) is 7.10. The van der Waals surface area contributed by atoms with Crippen LogP contribution in [-0.2, 0) is 6.42 Å². The maximum atomic E-state index is 5.32. The molecule has 0 radical (unpaired) electrons. The van der Waals surface area contributed by atoms with Crippen molar-refractivity contribution in [1.82, 2.24) is 5.32 Å². The first kappa shape index (κ1) is 14.6. The predicted octanol–water partition coefficient (Wildman–Crippen LogP) is 3.90. The topological polar surface area (TPSA) is 37.2 Å². The summed E-state index contributed by atoms with van der Waals surface area (Å²) in [5.74, 6) is 1.01. The van der Waals surface area contributed by atoms with Gasteiger partial charge in [0.2, 0.25) is 0 Å². The van der Waals surface area contributed by atoms with Crippen molar-refractivity contribution in [3.8, 4) is 0 Å².